The molecule has 136 valence electrons. The highest BCUT2D eigenvalue weighted by atomic mass is 32.2. The number of rotatable bonds is 4. The highest BCUT2D eigenvalue weighted by molar-refractivity contribution is 7.90. The minimum absolute atomic E-state index is 0.0810. The molecule has 1 aliphatic rings. The van der Waals surface area contributed by atoms with E-state index in [0.717, 1.165) is 6.26 Å². The molecular formula is C17H13F2NO5S. The Morgan fingerprint density at radius 1 is 1.08 bits per heavy atom. The van der Waals surface area contributed by atoms with Crippen molar-refractivity contribution in [1.82, 2.24) is 0 Å². The Labute approximate surface area is 148 Å². The third kappa shape index (κ3) is 4.17. The van der Waals surface area contributed by atoms with Crippen LogP contribution < -0.4 is 14.8 Å². The summed E-state index contributed by atoms with van der Waals surface area (Å²) in [6.45, 7) is 0. The lowest BCUT2D eigenvalue weighted by Crippen LogP contribution is -2.25. The maximum Gasteiger partial charge on any atom is 0.586 e. The number of ether oxygens (including phenoxy) is 2. The SMILES string of the molecule is CS(=O)(=O)c1ccc(NC(=O)C=Cc2ccc3c(c2)OC(F)(F)O3)cc1. The summed E-state index contributed by atoms with van der Waals surface area (Å²) in [5.74, 6) is -0.670. The van der Waals surface area contributed by atoms with Crippen LogP contribution in [0.15, 0.2) is 53.4 Å². The molecule has 0 atom stereocenters. The van der Waals surface area contributed by atoms with Crippen molar-refractivity contribution in [3.05, 3.63) is 54.1 Å². The number of sulfone groups is 1. The van der Waals surface area contributed by atoms with Crippen LogP contribution in [0.1, 0.15) is 5.56 Å². The predicted octanol–water partition coefficient (Wildman–Crippen LogP) is 3.06. The highest BCUT2D eigenvalue weighted by Crippen LogP contribution is 2.41. The molecule has 0 saturated heterocycles. The number of benzene rings is 2. The van der Waals surface area contributed by atoms with Crippen LogP contribution in [0.3, 0.4) is 0 Å². The van der Waals surface area contributed by atoms with Crippen molar-refractivity contribution in [2.45, 2.75) is 11.2 Å². The molecule has 0 aliphatic carbocycles. The van der Waals surface area contributed by atoms with Crippen LogP contribution in [-0.2, 0) is 14.6 Å². The summed E-state index contributed by atoms with van der Waals surface area (Å²) in [5.41, 5.74) is 0.880. The van der Waals surface area contributed by atoms with Gasteiger partial charge in [-0.3, -0.25) is 4.79 Å². The first kappa shape index (κ1) is 17.9. The number of amides is 1. The molecule has 0 fully saturated rings. The van der Waals surface area contributed by atoms with Gasteiger partial charge in [-0.25, -0.2) is 8.42 Å². The van der Waals surface area contributed by atoms with E-state index < -0.39 is 22.0 Å². The molecule has 2 aromatic rings. The van der Waals surface area contributed by atoms with E-state index in [0.29, 0.717) is 11.3 Å². The second-order valence-corrected chi connectivity index (χ2v) is 7.51. The van der Waals surface area contributed by atoms with Crippen LogP contribution in [0.4, 0.5) is 14.5 Å². The van der Waals surface area contributed by atoms with E-state index in [1.807, 2.05) is 0 Å². The fourth-order valence-corrected chi connectivity index (χ4v) is 2.84. The average Bonchev–Trinajstić information content (AvgIpc) is 2.85. The van der Waals surface area contributed by atoms with Gasteiger partial charge in [-0.15, -0.1) is 8.78 Å². The van der Waals surface area contributed by atoms with Crippen LogP contribution in [-0.4, -0.2) is 26.9 Å². The lowest BCUT2D eigenvalue weighted by Gasteiger charge is -2.04. The smallest absolute Gasteiger partial charge is 0.395 e. The molecule has 1 amide bonds. The topological polar surface area (TPSA) is 81.7 Å². The standard InChI is InChI=1S/C17H13F2NO5S/c1-26(22,23)13-6-4-12(5-7-13)20-16(21)9-3-11-2-8-14-15(10-11)25-17(18,19)24-14/h2-10H,1H3,(H,20,21). The lowest BCUT2D eigenvalue weighted by molar-refractivity contribution is -0.286. The third-order valence-electron chi connectivity index (χ3n) is 3.40. The molecule has 1 N–H and O–H groups in total. The van der Waals surface area contributed by atoms with Gasteiger partial charge in [0.15, 0.2) is 21.3 Å². The second kappa shape index (κ2) is 6.41. The van der Waals surface area contributed by atoms with Crippen LogP contribution in [0.25, 0.3) is 6.08 Å². The summed E-state index contributed by atoms with van der Waals surface area (Å²) in [5, 5.41) is 2.56. The maximum absolute atomic E-state index is 13.0. The highest BCUT2D eigenvalue weighted by Gasteiger charge is 2.43. The number of carbonyl (C=O) groups excluding carboxylic acids is 1. The Morgan fingerprint density at radius 2 is 1.73 bits per heavy atom. The molecule has 3 rings (SSSR count). The van der Waals surface area contributed by atoms with Crippen LogP contribution >= 0.6 is 0 Å². The molecule has 0 spiro atoms. The summed E-state index contributed by atoms with van der Waals surface area (Å²) in [6, 6.07) is 9.82. The molecule has 0 saturated carbocycles. The molecule has 0 unspecified atom stereocenters. The molecule has 9 heteroatoms. The minimum Gasteiger partial charge on any atom is -0.395 e. The monoisotopic (exact) mass is 381 g/mol. The van der Waals surface area contributed by atoms with E-state index in [1.165, 1.54) is 54.6 Å². The van der Waals surface area contributed by atoms with Gasteiger partial charge in [0, 0.05) is 18.0 Å². The Balaban J connectivity index is 1.65. The van der Waals surface area contributed by atoms with E-state index in [2.05, 4.69) is 14.8 Å². The van der Waals surface area contributed by atoms with Gasteiger partial charge >= 0.3 is 6.29 Å². The van der Waals surface area contributed by atoms with Crippen LogP contribution in [0.5, 0.6) is 11.5 Å². The average molecular weight is 381 g/mol. The van der Waals surface area contributed by atoms with Gasteiger partial charge in [0.1, 0.15) is 0 Å². The first-order chi connectivity index (χ1) is 12.1. The van der Waals surface area contributed by atoms with Gasteiger partial charge < -0.3 is 14.8 Å². The zero-order chi connectivity index (χ0) is 18.9. The van der Waals surface area contributed by atoms with Crippen LogP contribution in [0, 0.1) is 0 Å². The molecule has 0 bridgehead atoms. The number of fused-ring (bicyclic) bond motifs is 1. The normalized spacial score (nSPS) is 15.2. The molecule has 1 heterocycles. The third-order valence-corrected chi connectivity index (χ3v) is 4.53. The lowest BCUT2D eigenvalue weighted by atomic mass is 10.2. The zero-order valence-electron chi connectivity index (χ0n) is 13.4. The minimum atomic E-state index is -3.69. The fourth-order valence-electron chi connectivity index (χ4n) is 2.21. The molecule has 1 aliphatic heterocycles. The number of alkyl halides is 2. The summed E-state index contributed by atoms with van der Waals surface area (Å²) in [4.78, 5) is 12.1. The number of anilines is 1. The molecule has 0 aromatic heterocycles. The first-order valence-corrected chi connectivity index (χ1v) is 9.21. The second-order valence-electron chi connectivity index (χ2n) is 5.49. The molecule has 0 radical (unpaired) electrons. The van der Waals surface area contributed by atoms with E-state index in [-0.39, 0.29) is 16.4 Å². The van der Waals surface area contributed by atoms with E-state index >= 15 is 0 Å². The van der Waals surface area contributed by atoms with Gasteiger partial charge in [0.25, 0.3) is 0 Å². The van der Waals surface area contributed by atoms with Crippen molar-refractivity contribution < 1.29 is 31.5 Å². The van der Waals surface area contributed by atoms with Gasteiger partial charge in [-0.2, -0.15) is 0 Å². The van der Waals surface area contributed by atoms with Gasteiger partial charge in [0.2, 0.25) is 5.91 Å². The summed E-state index contributed by atoms with van der Waals surface area (Å²) in [7, 11) is -3.31. The number of halogens is 2. The van der Waals surface area contributed by atoms with Crippen molar-refractivity contribution in [3.8, 4) is 11.5 Å². The zero-order valence-corrected chi connectivity index (χ0v) is 14.2. The van der Waals surface area contributed by atoms with E-state index in [1.54, 1.807) is 0 Å². The summed E-state index contributed by atoms with van der Waals surface area (Å²) in [6.07, 6.45) is 0.0191. The Morgan fingerprint density at radius 3 is 2.38 bits per heavy atom. The molecule has 6 nitrogen and oxygen atoms in total. The van der Waals surface area contributed by atoms with Crippen molar-refractivity contribution in [2.24, 2.45) is 0 Å². The van der Waals surface area contributed by atoms with Gasteiger partial charge in [-0.05, 0) is 48.0 Å². The van der Waals surface area contributed by atoms with E-state index in [9.17, 15) is 22.0 Å². The van der Waals surface area contributed by atoms with Gasteiger partial charge in [-0.1, -0.05) is 6.07 Å². The van der Waals surface area contributed by atoms with Gasteiger partial charge in [0.05, 0.1) is 4.90 Å². The first-order valence-electron chi connectivity index (χ1n) is 7.31. The van der Waals surface area contributed by atoms with Crippen molar-refractivity contribution >= 4 is 27.5 Å². The van der Waals surface area contributed by atoms with Crippen molar-refractivity contribution in [2.75, 3.05) is 11.6 Å². The van der Waals surface area contributed by atoms with Crippen molar-refractivity contribution in [1.29, 1.82) is 0 Å². The number of carbonyl (C=O) groups is 1. The van der Waals surface area contributed by atoms with Crippen LogP contribution in [0.2, 0.25) is 0 Å². The number of hydrogen-bond acceptors (Lipinski definition) is 5. The largest absolute Gasteiger partial charge is 0.586 e. The summed E-state index contributed by atoms with van der Waals surface area (Å²) >= 11 is 0. The number of hydrogen-bond donors (Lipinski definition) is 1. The Hall–Kier alpha value is -2.94. The Kier molecular flexibility index (Phi) is 4.41. The maximum atomic E-state index is 13.0. The van der Waals surface area contributed by atoms with E-state index in [4.69, 9.17) is 0 Å². The predicted molar refractivity (Wildman–Crippen MR) is 89.9 cm³/mol. The van der Waals surface area contributed by atoms with Crippen molar-refractivity contribution in [3.63, 3.8) is 0 Å². The molecule has 26 heavy (non-hydrogen) atoms. The molecule has 2 aromatic carbocycles. The quantitative estimate of drug-likeness (QED) is 0.824. The summed E-state index contributed by atoms with van der Waals surface area (Å²) < 4.78 is 57.3. The number of nitrogens with one attached hydrogen (secondary N) is 1. The fraction of sp³-hybridized carbons (Fsp3) is 0.118. The Bertz CT molecular complexity index is 985. The molecular weight excluding hydrogens is 368 g/mol.